The summed E-state index contributed by atoms with van der Waals surface area (Å²) in [6, 6.07) is 14.0. The van der Waals surface area contributed by atoms with E-state index in [4.69, 9.17) is 4.74 Å². The fourth-order valence-corrected chi connectivity index (χ4v) is 7.16. The van der Waals surface area contributed by atoms with Gasteiger partial charge in [0.1, 0.15) is 23.0 Å². The average molecular weight is 598 g/mol. The Morgan fingerprint density at radius 3 is 2.75 bits per heavy atom. The maximum atomic E-state index is 15.1. The van der Waals surface area contributed by atoms with Crippen molar-refractivity contribution in [1.82, 2.24) is 19.8 Å². The van der Waals surface area contributed by atoms with Crippen molar-refractivity contribution in [2.24, 2.45) is 0 Å². The van der Waals surface area contributed by atoms with Gasteiger partial charge in [-0.3, -0.25) is 4.90 Å². The molecule has 2 atom stereocenters. The van der Waals surface area contributed by atoms with Gasteiger partial charge in [0.05, 0.1) is 19.4 Å². The van der Waals surface area contributed by atoms with Crippen molar-refractivity contribution < 1.29 is 18.3 Å². The normalized spacial score (nSPS) is 18.6. The van der Waals surface area contributed by atoms with Crippen LogP contribution in [0.5, 0.6) is 5.75 Å². The Morgan fingerprint density at radius 1 is 1.18 bits per heavy atom. The molecular weight excluding hydrogens is 560 g/mol. The summed E-state index contributed by atoms with van der Waals surface area (Å²) in [6.45, 7) is 5.77. The lowest BCUT2D eigenvalue weighted by Crippen LogP contribution is -2.42. The monoisotopic (exact) mass is 597 g/mol. The van der Waals surface area contributed by atoms with Crippen LogP contribution in [0.15, 0.2) is 48.7 Å². The number of pyridine rings is 1. The van der Waals surface area contributed by atoms with Crippen LogP contribution in [0.1, 0.15) is 60.5 Å². The highest BCUT2D eigenvalue weighted by Gasteiger charge is 2.30. The summed E-state index contributed by atoms with van der Waals surface area (Å²) in [5, 5.41) is 10.0. The van der Waals surface area contributed by atoms with E-state index in [1.165, 1.54) is 48.2 Å². The molecule has 4 aromatic rings. The second-order valence-electron chi connectivity index (χ2n) is 11.9. The highest BCUT2D eigenvalue weighted by Crippen LogP contribution is 2.39. The zero-order valence-corrected chi connectivity index (χ0v) is 25.2. The fraction of sp³-hybridized carbons (Fsp3) is 0.400. The van der Waals surface area contributed by atoms with Crippen molar-refractivity contribution in [1.29, 1.82) is 5.26 Å². The van der Waals surface area contributed by atoms with Gasteiger partial charge in [0.15, 0.2) is 12.3 Å². The van der Waals surface area contributed by atoms with Crippen LogP contribution in [0.4, 0.5) is 8.78 Å². The predicted molar refractivity (Wildman–Crippen MR) is 165 cm³/mol. The van der Waals surface area contributed by atoms with Crippen LogP contribution >= 0.6 is 0 Å². The van der Waals surface area contributed by atoms with E-state index in [0.717, 1.165) is 63.7 Å². The molecule has 0 saturated carbocycles. The van der Waals surface area contributed by atoms with Crippen molar-refractivity contribution in [3.05, 3.63) is 82.7 Å². The standard InChI is InChI=1S/C35H37F2N5O2/c1-22-27-7-3-5-23(28(27)12-16-42(22)26(19-38)21-43)6-4-13-41-14-10-24(11-15-41)32-18-30-34(31(37)20-39-35(30)40-32)29-17-25(36)8-9-33(29)44-2/h3,5,7-9,17-18,20-22,24,26H,4,6,10-16H2,1-2H3,(H,39,40). The van der Waals surface area contributed by atoms with Crippen LogP contribution in [0, 0.1) is 23.0 Å². The zero-order chi connectivity index (χ0) is 30.8. The summed E-state index contributed by atoms with van der Waals surface area (Å²) in [6.07, 6.45) is 6.80. The number of rotatable bonds is 9. The van der Waals surface area contributed by atoms with E-state index in [0.29, 0.717) is 40.4 Å². The van der Waals surface area contributed by atoms with Crippen molar-refractivity contribution >= 4 is 17.3 Å². The molecular formula is C35H37F2N5O2. The molecule has 0 bridgehead atoms. The number of piperidine rings is 1. The lowest BCUT2D eigenvalue weighted by molar-refractivity contribution is -0.111. The summed E-state index contributed by atoms with van der Waals surface area (Å²) in [5.41, 5.74) is 6.25. The van der Waals surface area contributed by atoms with Crippen molar-refractivity contribution in [3.8, 4) is 22.9 Å². The Kier molecular flexibility index (Phi) is 8.74. The number of carbonyl (C=O) groups is 1. The number of nitriles is 1. The molecule has 44 heavy (non-hydrogen) atoms. The lowest BCUT2D eigenvalue weighted by atomic mass is 9.87. The van der Waals surface area contributed by atoms with Gasteiger partial charge in [-0.1, -0.05) is 18.2 Å². The number of aryl methyl sites for hydroxylation is 1. The SMILES string of the molecule is COc1ccc(F)cc1-c1c(F)cnc2[nH]c(C3CCN(CCCc4cccc5c4CCN(C(C#N)C=O)C5C)CC3)cc12. The lowest BCUT2D eigenvalue weighted by Gasteiger charge is -2.37. The number of aldehydes is 1. The van der Waals surface area contributed by atoms with Crippen molar-refractivity contribution in [2.45, 2.75) is 57.0 Å². The molecule has 6 rings (SSSR count). The van der Waals surface area contributed by atoms with Crippen LogP contribution < -0.4 is 4.74 Å². The average Bonchev–Trinajstić information content (AvgIpc) is 3.47. The van der Waals surface area contributed by atoms with Crippen molar-refractivity contribution in [2.75, 3.05) is 33.3 Å². The molecule has 1 fully saturated rings. The molecule has 9 heteroatoms. The Morgan fingerprint density at radius 2 is 2.00 bits per heavy atom. The molecule has 0 amide bonds. The molecule has 2 aliphatic rings. The summed E-state index contributed by atoms with van der Waals surface area (Å²) in [7, 11) is 1.49. The molecule has 0 aliphatic carbocycles. The molecule has 2 aromatic heterocycles. The van der Waals surface area contributed by atoms with Crippen LogP contribution in [0.2, 0.25) is 0 Å². The van der Waals surface area contributed by atoms with Gasteiger partial charge in [-0.25, -0.2) is 13.8 Å². The van der Waals surface area contributed by atoms with Crippen LogP contribution in [0.25, 0.3) is 22.2 Å². The maximum absolute atomic E-state index is 15.1. The largest absolute Gasteiger partial charge is 0.496 e. The fourth-order valence-electron chi connectivity index (χ4n) is 7.16. The first-order valence-electron chi connectivity index (χ1n) is 15.4. The minimum absolute atomic E-state index is 0.0379. The van der Waals surface area contributed by atoms with E-state index >= 15 is 4.39 Å². The third-order valence-corrected chi connectivity index (χ3v) is 9.51. The minimum Gasteiger partial charge on any atom is -0.496 e. The number of ether oxygens (including phenoxy) is 1. The molecule has 1 N–H and O–H groups in total. The maximum Gasteiger partial charge on any atom is 0.154 e. The predicted octanol–water partition coefficient (Wildman–Crippen LogP) is 6.34. The number of aromatic nitrogens is 2. The zero-order valence-electron chi connectivity index (χ0n) is 25.2. The van der Waals surface area contributed by atoms with Gasteiger partial charge >= 0.3 is 0 Å². The third-order valence-electron chi connectivity index (χ3n) is 9.51. The number of benzene rings is 2. The Bertz CT molecular complexity index is 1710. The number of methoxy groups -OCH3 is 1. The number of aromatic amines is 1. The minimum atomic E-state index is -0.703. The summed E-state index contributed by atoms with van der Waals surface area (Å²) >= 11 is 0. The first-order valence-corrected chi connectivity index (χ1v) is 15.4. The molecule has 2 aliphatic heterocycles. The number of hydrogen-bond donors (Lipinski definition) is 1. The van der Waals surface area contributed by atoms with Crippen LogP contribution in [-0.2, 0) is 17.6 Å². The van der Waals surface area contributed by atoms with Crippen molar-refractivity contribution in [3.63, 3.8) is 0 Å². The number of nitrogens with zero attached hydrogens (tertiary/aromatic N) is 4. The van der Waals surface area contributed by atoms with Crippen LogP contribution in [0.3, 0.4) is 0 Å². The number of carbonyl (C=O) groups excluding carboxylic acids is 1. The molecule has 2 unspecified atom stereocenters. The quantitative estimate of drug-likeness (QED) is 0.227. The summed E-state index contributed by atoms with van der Waals surface area (Å²) < 4.78 is 34.7. The van der Waals surface area contributed by atoms with Gasteiger partial charge in [-0.2, -0.15) is 5.26 Å². The second-order valence-corrected chi connectivity index (χ2v) is 11.9. The second kappa shape index (κ2) is 12.8. The Labute approximate surface area is 256 Å². The van der Waals surface area contributed by atoms with Gasteiger partial charge in [0.2, 0.25) is 0 Å². The van der Waals surface area contributed by atoms with Gasteiger partial charge < -0.3 is 19.4 Å². The number of hydrogen-bond acceptors (Lipinski definition) is 6. The molecule has 4 heterocycles. The van der Waals surface area contributed by atoms with Gasteiger partial charge in [-0.05, 0) is 99.6 Å². The van der Waals surface area contributed by atoms with E-state index in [1.807, 2.05) is 11.0 Å². The van der Waals surface area contributed by atoms with E-state index < -0.39 is 17.7 Å². The van der Waals surface area contributed by atoms with E-state index in [-0.39, 0.29) is 6.04 Å². The topological polar surface area (TPSA) is 85.2 Å². The number of fused-ring (bicyclic) bond motifs is 2. The van der Waals surface area contributed by atoms with Gasteiger partial charge in [-0.15, -0.1) is 0 Å². The molecule has 0 spiro atoms. The smallest absolute Gasteiger partial charge is 0.154 e. The molecule has 7 nitrogen and oxygen atoms in total. The van der Waals surface area contributed by atoms with Gasteiger partial charge in [0, 0.05) is 40.7 Å². The number of halogens is 2. The highest BCUT2D eigenvalue weighted by molar-refractivity contribution is 5.95. The Balaban J connectivity index is 1.09. The van der Waals surface area contributed by atoms with E-state index in [1.54, 1.807) is 0 Å². The number of nitrogens with one attached hydrogen (secondary N) is 1. The van der Waals surface area contributed by atoms with E-state index in [9.17, 15) is 14.4 Å². The van der Waals surface area contributed by atoms with Crippen LogP contribution in [-0.4, -0.2) is 65.4 Å². The highest BCUT2D eigenvalue weighted by atomic mass is 19.1. The first-order chi connectivity index (χ1) is 21.4. The summed E-state index contributed by atoms with van der Waals surface area (Å²) in [5.74, 6) is -0.252. The molecule has 2 aromatic carbocycles. The molecule has 228 valence electrons. The number of likely N-dealkylation sites (tertiary alicyclic amines) is 1. The first kappa shape index (κ1) is 29.9. The summed E-state index contributed by atoms with van der Waals surface area (Å²) in [4.78, 5) is 23.6. The number of H-pyrrole nitrogens is 1. The van der Waals surface area contributed by atoms with E-state index in [2.05, 4.69) is 46.1 Å². The van der Waals surface area contributed by atoms with Gasteiger partial charge in [0.25, 0.3) is 0 Å². The third kappa shape index (κ3) is 5.72. The Hall–Kier alpha value is -4.13. The molecule has 1 saturated heterocycles. The molecule has 0 radical (unpaired) electrons.